The van der Waals surface area contributed by atoms with E-state index >= 15 is 0 Å². The van der Waals surface area contributed by atoms with Gasteiger partial charge in [-0.3, -0.25) is 4.68 Å². The van der Waals surface area contributed by atoms with Gasteiger partial charge in [0.1, 0.15) is 5.75 Å². The van der Waals surface area contributed by atoms with Gasteiger partial charge in [-0.15, -0.1) is 0 Å². The topological polar surface area (TPSA) is 47.3 Å². The van der Waals surface area contributed by atoms with Crippen molar-refractivity contribution >= 4 is 15.9 Å². The second kappa shape index (κ2) is 6.21. The highest BCUT2D eigenvalue weighted by Gasteiger charge is 2.08. The third-order valence-electron chi connectivity index (χ3n) is 2.72. The normalized spacial score (nSPS) is 12.4. The maximum atomic E-state index is 9.56. The number of hydrogen-bond acceptors (Lipinski definition) is 3. The Labute approximate surface area is 121 Å². The number of aliphatic hydroxyl groups excluding tert-OH is 1. The van der Waals surface area contributed by atoms with Gasteiger partial charge in [-0.25, -0.2) is 0 Å². The van der Waals surface area contributed by atoms with Crippen LogP contribution in [0.15, 0.2) is 35.1 Å². The molecule has 19 heavy (non-hydrogen) atoms. The minimum atomic E-state index is -0.504. The van der Waals surface area contributed by atoms with E-state index in [0.717, 1.165) is 23.0 Å². The first-order chi connectivity index (χ1) is 9.10. The molecule has 5 heteroatoms. The second-order valence-corrected chi connectivity index (χ2v) is 5.25. The molecule has 4 nitrogen and oxygen atoms in total. The lowest BCUT2D eigenvalue weighted by molar-refractivity contribution is 0.198. The molecule has 0 aliphatic heterocycles. The van der Waals surface area contributed by atoms with Gasteiger partial charge in [0.2, 0.25) is 0 Å². The highest BCUT2D eigenvalue weighted by molar-refractivity contribution is 9.10. The molecule has 1 atom stereocenters. The van der Waals surface area contributed by atoms with Crippen LogP contribution in [0.3, 0.4) is 0 Å². The maximum absolute atomic E-state index is 9.56. The van der Waals surface area contributed by atoms with Crippen LogP contribution >= 0.6 is 15.9 Å². The van der Waals surface area contributed by atoms with Crippen LogP contribution < -0.4 is 4.74 Å². The minimum Gasteiger partial charge on any atom is -0.454 e. The van der Waals surface area contributed by atoms with E-state index < -0.39 is 6.10 Å². The summed E-state index contributed by atoms with van der Waals surface area (Å²) in [4.78, 5) is 0. The lowest BCUT2D eigenvalue weighted by atomic mass is 10.1. The van der Waals surface area contributed by atoms with Crippen molar-refractivity contribution in [2.75, 3.05) is 0 Å². The molecule has 0 saturated heterocycles. The minimum absolute atomic E-state index is 0.504. The molecule has 0 spiro atoms. The monoisotopic (exact) mass is 324 g/mol. The van der Waals surface area contributed by atoms with E-state index in [9.17, 15) is 5.11 Å². The van der Waals surface area contributed by atoms with Crippen LogP contribution in [0.5, 0.6) is 11.5 Å². The van der Waals surface area contributed by atoms with Crippen molar-refractivity contribution in [3.63, 3.8) is 0 Å². The second-order valence-electron chi connectivity index (χ2n) is 4.40. The molecule has 0 aliphatic carbocycles. The Kier molecular flexibility index (Phi) is 4.61. The van der Waals surface area contributed by atoms with Crippen LogP contribution in [0.4, 0.5) is 0 Å². The van der Waals surface area contributed by atoms with Gasteiger partial charge in [0, 0.05) is 11.0 Å². The van der Waals surface area contributed by atoms with Crippen LogP contribution in [0.2, 0.25) is 0 Å². The lowest BCUT2D eigenvalue weighted by Crippen LogP contribution is -1.95. The first kappa shape index (κ1) is 14.1. The Morgan fingerprint density at radius 1 is 1.42 bits per heavy atom. The fourth-order valence-corrected chi connectivity index (χ4v) is 2.48. The first-order valence-corrected chi connectivity index (χ1v) is 7.07. The third-order valence-corrected chi connectivity index (χ3v) is 3.41. The average molecular weight is 325 g/mol. The number of hydrogen-bond donors (Lipinski definition) is 1. The summed E-state index contributed by atoms with van der Waals surface area (Å²) < 4.78 is 8.42. The van der Waals surface area contributed by atoms with Gasteiger partial charge in [0.05, 0.1) is 18.5 Å². The predicted molar refractivity (Wildman–Crippen MR) is 77.4 cm³/mol. The zero-order valence-corrected chi connectivity index (χ0v) is 12.6. The number of nitrogens with zero attached hydrogens (tertiary/aromatic N) is 2. The van der Waals surface area contributed by atoms with E-state index in [0.29, 0.717) is 11.5 Å². The summed E-state index contributed by atoms with van der Waals surface area (Å²) in [6, 6.07) is 5.53. The smallest absolute Gasteiger partial charge is 0.165 e. The summed E-state index contributed by atoms with van der Waals surface area (Å²) in [5, 5.41) is 13.8. The van der Waals surface area contributed by atoms with E-state index in [2.05, 4.69) is 28.0 Å². The Morgan fingerprint density at radius 2 is 2.21 bits per heavy atom. The van der Waals surface area contributed by atoms with Crippen LogP contribution in [-0.2, 0) is 6.54 Å². The summed E-state index contributed by atoms with van der Waals surface area (Å²) in [7, 11) is 0. The van der Waals surface area contributed by atoms with E-state index in [-0.39, 0.29) is 0 Å². The van der Waals surface area contributed by atoms with Crippen molar-refractivity contribution in [2.45, 2.75) is 32.9 Å². The van der Waals surface area contributed by atoms with Crippen molar-refractivity contribution in [3.05, 3.63) is 40.6 Å². The van der Waals surface area contributed by atoms with Gasteiger partial charge in [-0.2, -0.15) is 5.10 Å². The number of benzene rings is 1. The summed E-state index contributed by atoms with van der Waals surface area (Å²) in [6.07, 6.45) is 4.11. The predicted octanol–water partition coefficient (Wildman–Crippen LogP) is 3.90. The summed E-state index contributed by atoms with van der Waals surface area (Å²) in [5.74, 6) is 1.43. The highest BCUT2D eigenvalue weighted by Crippen LogP contribution is 2.29. The number of rotatable bonds is 5. The van der Waals surface area contributed by atoms with Crippen molar-refractivity contribution in [1.29, 1.82) is 0 Å². The van der Waals surface area contributed by atoms with E-state index in [1.165, 1.54) is 0 Å². The van der Waals surface area contributed by atoms with Crippen molar-refractivity contribution in [1.82, 2.24) is 9.78 Å². The molecular weight excluding hydrogens is 308 g/mol. The van der Waals surface area contributed by atoms with Gasteiger partial charge in [0.15, 0.2) is 5.75 Å². The Bertz CT molecular complexity index is 552. The standard InChI is InChI=1S/C14H17BrN2O2/c1-3-6-17-9-12(8-16-17)19-11-4-5-13(10(2)18)14(15)7-11/h4-5,7-10,18H,3,6H2,1-2H3. The zero-order chi connectivity index (χ0) is 13.8. The molecule has 0 radical (unpaired) electrons. The molecule has 1 unspecified atom stereocenters. The number of aliphatic hydroxyl groups is 1. The molecule has 0 saturated carbocycles. The van der Waals surface area contributed by atoms with Gasteiger partial charge < -0.3 is 9.84 Å². The Hall–Kier alpha value is -1.33. The number of aryl methyl sites for hydroxylation is 1. The summed E-state index contributed by atoms with van der Waals surface area (Å²) in [6.45, 7) is 4.72. The zero-order valence-electron chi connectivity index (χ0n) is 11.0. The molecule has 2 aromatic rings. The maximum Gasteiger partial charge on any atom is 0.165 e. The molecule has 0 aliphatic rings. The highest BCUT2D eigenvalue weighted by atomic mass is 79.9. The summed E-state index contributed by atoms with van der Waals surface area (Å²) >= 11 is 3.43. The number of ether oxygens (including phenoxy) is 1. The molecule has 1 heterocycles. The van der Waals surface area contributed by atoms with Gasteiger partial charge in [-0.05, 0) is 31.0 Å². The van der Waals surface area contributed by atoms with Crippen molar-refractivity contribution < 1.29 is 9.84 Å². The Morgan fingerprint density at radius 3 is 2.84 bits per heavy atom. The molecule has 1 N–H and O–H groups in total. The molecule has 102 valence electrons. The fraction of sp³-hybridized carbons (Fsp3) is 0.357. The summed E-state index contributed by atoms with van der Waals surface area (Å²) in [5.41, 5.74) is 0.842. The van der Waals surface area contributed by atoms with Gasteiger partial charge >= 0.3 is 0 Å². The van der Waals surface area contributed by atoms with Crippen LogP contribution in [0, 0.1) is 0 Å². The molecule has 2 rings (SSSR count). The molecule has 0 bridgehead atoms. The molecule has 1 aromatic carbocycles. The fourth-order valence-electron chi connectivity index (χ4n) is 1.79. The van der Waals surface area contributed by atoms with Crippen LogP contribution in [0.25, 0.3) is 0 Å². The third kappa shape index (κ3) is 3.58. The molecule has 1 aromatic heterocycles. The van der Waals surface area contributed by atoms with Crippen LogP contribution in [0.1, 0.15) is 31.9 Å². The number of halogens is 1. The van der Waals surface area contributed by atoms with E-state index in [1.807, 2.05) is 29.1 Å². The largest absolute Gasteiger partial charge is 0.454 e. The molecule has 0 fully saturated rings. The van der Waals surface area contributed by atoms with Gasteiger partial charge in [-0.1, -0.05) is 28.9 Å². The van der Waals surface area contributed by atoms with E-state index in [4.69, 9.17) is 4.74 Å². The SMILES string of the molecule is CCCn1cc(Oc2ccc(C(C)O)c(Br)c2)cn1. The van der Waals surface area contributed by atoms with Crippen molar-refractivity contribution in [2.24, 2.45) is 0 Å². The number of aromatic nitrogens is 2. The van der Waals surface area contributed by atoms with Gasteiger partial charge in [0.25, 0.3) is 0 Å². The first-order valence-electron chi connectivity index (χ1n) is 6.28. The van der Waals surface area contributed by atoms with Crippen LogP contribution in [-0.4, -0.2) is 14.9 Å². The lowest BCUT2D eigenvalue weighted by Gasteiger charge is -2.09. The van der Waals surface area contributed by atoms with Crippen molar-refractivity contribution in [3.8, 4) is 11.5 Å². The quantitative estimate of drug-likeness (QED) is 0.907. The Balaban J connectivity index is 2.12. The molecule has 0 amide bonds. The van der Waals surface area contributed by atoms with E-state index in [1.54, 1.807) is 13.1 Å². The molecular formula is C14H17BrN2O2. The average Bonchev–Trinajstić information content (AvgIpc) is 2.76.